The van der Waals surface area contributed by atoms with E-state index in [0.29, 0.717) is 11.1 Å². The van der Waals surface area contributed by atoms with Gasteiger partial charge in [0, 0.05) is 16.8 Å². The Balaban J connectivity index is 1.55. The summed E-state index contributed by atoms with van der Waals surface area (Å²) in [5.74, 6) is 0.00733. The number of anilines is 1. The van der Waals surface area contributed by atoms with E-state index < -0.39 is 0 Å². The summed E-state index contributed by atoms with van der Waals surface area (Å²) in [6.45, 7) is 0. The maximum absolute atomic E-state index is 13.1. The van der Waals surface area contributed by atoms with Crippen LogP contribution in [-0.4, -0.2) is 18.5 Å². The molecule has 0 radical (unpaired) electrons. The summed E-state index contributed by atoms with van der Waals surface area (Å²) in [5.41, 5.74) is 4.28. The molecule has 1 fully saturated rings. The molecule has 0 bridgehead atoms. The molecule has 1 unspecified atom stereocenters. The molecule has 3 aromatic rings. The molecule has 1 aliphatic rings. The topological polar surface area (TPSA) is 54.5 Å². The molecule has 3 aromatic carbocycles. The zero-order chi connectivity index (χ0) is 20.9. The molecule has 2 atom stereocenters. The van der Waals surface area contributed by atoms with Gasteiger partial charge in [-0.3, -0.25) is 14.4 Å². The summed E-state index contributed by atoms with van der Waals surface area (Å²) in [4.78, 5) is 36.8. The van der Waals surface area contributed by atoms with Crippen molar-refractivity contribution in [3.05, 3.63) is 101 Å². The van der Waals surface area contributed by atoms with Crippen molar-refractivity contribution in [2.45, 2.75) is 25.3 Å². The van der Waals surface area contributed by atoms with Gasteiger partial charge in [-0.15, -0.1) is 0 Å². The standard InChI is InChI=1S/C26H23NO3/c28-17-20-9-13-22(14-10-20)25-24(8-4-7-19-5-2-1-3-6-19)26(30)27(25)23-15-11-21(18-29)12-16-23/h1-3,5-6,9-18,24-25H,4,7-8H2/t24-,25?/m1/s1. The minimum atomic E-state index is -0.0958. The van der Waals surface area contributed by atoms with E-state index in [4.69, 9.17) is 0 Å². The Bertz CT molecular complexity index is 1030. The predicted molar refractivity (Wildman–Crippen MR) is 117 cm³/mol. The first-order chi connectivity index (χ1) is 14.7. The van der Waals surface area contributed by atoms with E-state index in [0.717, 1.165) is 43.1 Å². The minimum absolute atomic E-state index is 0.0731. The fourth-order valence-corrected chi connectivity index (χ4v) is 4.16. The van der Waals surface area contributed by atoms with Gasteiger partial charge in [-0.2, -0.15) is 0 Å². The third kappa shape index (κ3) is 3.94. The van der Waals surface area contributed by atoms with E-state index in [1.165, 1.54) is 5.56 Å². The second kappa shape index (κ2) is 8.87. The largest absolute Gasteiger partial charge is 0.304 e. The molecule has 4 rings (SSSR count). The minimum Gasteiger partial charge on any atom is -0.304 e. The predicted octanol–water partition coefficient (Wildman–Crippen LogP) is 5.04. The van der Waals surface area contributed by atoms with Crippen LogP contribution in [0.4, 0.5) is 5.69 Å². The smallest absolute Gasteiger partial charge is 0.233 e. The molecule has 0 saturated carbocycles. The molecule has 150 valence electrons. The summed E-state index contributed by atoms with van der Waals surface area (Å²) < 4.78 is 0. The van der Waals surface area contributed by atoms with Crippen LogP contribution in [0.1, 0.15) is 50.7 Å². The Labute approximate surface area is 176 Å². The van der Waals surface area contributed by atoms with Gasteiger partial charge in [-0.1, -0.05) is 54.6 Å². The summed E-state index contributed by atoms with van der Waals surface area (Å²) >= 11 is 0. The number of carbonyl (C=O) groups excluding carboxylic acids is 3. The number of rotatable bonds is 8. The van der Waals surface area contributed by atoms with E-state index in [2.05, 4.69) is 12.1 Å². The van der Waals surface area contributed by atoms with Crippen LogP contribution < -0.4 is 4.90 Å². The first-order valence-electron chi connectivity index (χ1n) is 10.2. The van der Waals surface area contributed by atoms with Gasteiger partial charge in [0.05, 0.1) is 12.0 Å². The third-order valence-corrected chi connectivity index (χ3v) is 5.76. The maximum atomic E-state index is 13.1. The average molecular weight is 397 g/mol. The van der Waals surface area contributed by atoms with Crippen molar-refractivity contribution in [1.29, 1.82) is 0 Å². The van der Waals surface area contributed by atoms with Crippen LogP contribution in [0.2, 0.25) is 0 Å². The molecule has 0 aromatic heterocycles. The molecule has 4 nitrogen and oxygen atoms in total. The van der Waals surface area contributed by atoms with Crippen molar-refractivity contribution in [1.82, 2.24) is 0 Å². The number of benzene rings is 3. The third-order valence-electron chi connectivity index (χ3n) is 5.76. The van der Waals surface area contributed by atoms with Crippen molar-refractivity contribution in [2.24, 2.45) is 5.92 Å². The van der Waals surface area contributed by atoms with Crippen LogP contribution in [-0.2, 0) is 11.2 Å². The number of aryl methyl sites for hydroxylation is 1. The molecule has 0 N–H and O–H groups in total. The molecule has 4 heteroatoms. The second-order valence-corrected chi connectivity index (χ2v) is 7.63. The van der Waals surface area contributed by atoms with Gasteiger partial charge in [0.25, 0.3) is 0 Å². The Kier molecular flexibility index (Phi) is 5.84. The molecule has 1 heterocycles. The fraction of sp³-hybridized carbons (Fsp3) is 0.192. The van der Waals surface area contributed by atoms with Gasteiger partial charge in [0.1, 0.15) is 12.6 Å². The zero-order valence-electron chi connectivity index (χ0n) is 16.6. The molecule has 0 spiro atoms. The van der Waals surface area contributed by atoms with Crippen molar-refractivity contribution >= 4 is 24.2 Å². The highest BCUT2D eigenvalue weighted by molar-refractivity contribution is 6.03. The van der Waals surface area contributed by atoms with Crippen LogP contribution >= 0.6 is 0 Å². The van der Waals surface area contributed by atoms with E-state index in [1.54, 1.807) is 29.2 Å². The van der Waals surface area contributed by atoms with Crippen molar-refractivity contribution in [3.63, 3.8) is 0 Å². The van der Waals surface area contributed by atoms with Crippen molar-refractivity contribution in [2.75, 3.05) is 4.90 Å². The normalized spacial score (nSPS) is 18.0. The number of hydrogen-bond acceptors (Lipinski definition) is 3. The molecular formula is C26H23NO3. The van der Waals surface area contributed by atoms with Crippen LogP contribution in [0.25, 0.3) is 0 Å². The SMILES string of the molecule is O=Cc1ccc(C2[C@@H](CCCc3ccccc3)C(=O)N2c2ccc(C=O)cc2)cc1. The summed E-state index contributed by atoms with van der Waals surface area (Å²) in [7, 11) is 0. The quantitative estimate of drug-likeness (QED) is 0.395. The highest BCUT2D eigenvalue weighted by atomic mass is 16.2. The van der Waals surface area contributed by atoms with E-state index in [-0.39, 0.29) is 17.9 Å². The van der Waals surface area contributed by atoms with Gasteiger partial charge >= 0.3 is 0 Å². The Hall–Kier alpha value is -3.53. The van der Waals surface area contributed by atoms with E-state index in [9.17, 15) is 14.4 Å². The van der Waals surface area contributed by atoms with Crippen molar-refractivity contribution in [3.8, 4) is 0 Å². The number of amides is 1. The van der Waals surface area contributed by atoms with Gasteiger partial charge in [0.15, 0.2) is 0 Å². The van der Waals surface area contributed by atoms with E-state index >= 15 is 0 Å². The van der Waals surface area contributed by atoms with E-state index in [1.807, 2.05) is 42.5 Å². The highest BCUT2D eigenvalue weighted by Gasteiger charge is 2.48. The van der Waals surface area contributed by atoms with Gasteiger partial charge in [0.2, 0.25) is 5.91 Å². The molecular weight excluding hydrogens is 374 g/mol. The summed E-state index contributed by atoms with van der Waals surface area (Å²) in [5, 5.41) is 0. The van der Waals surface area contributed by atoms with Crippen LogP contribution in [0.15, 0.2) is 78.9 Å². The van der Waals surface area contributed by atoms with Gasteiger partial charge in [-0.05, 0) is 54.7 Å². The number of β-lactam (4-membered cyclic amide) rings is 1. The van der Waals surface area contributed by atoms with Gasteiger partial charge in [-0.25, -0.2) is 0 Å². The lowest BCUT2D eigenvalue weighted by Gasteiger charge is -2.47. The van der Waals surface area contributed by atoms with Crippen LogP contribution in [0.5, 0.6) is 0 Å². The van der Waals surface area contributed by atoms with Crippen LogP contribution in [0, 0.1) is 5.92 Å². The number of hydrogen-bond donors (Lipinski definition) is 0. The number of aldehydes is 2. The van der Waals surface area contributed by atoms with Crippen molar-refractivity contribution < 1.29 is 14.4 Å². The Morgan fingerprint density at radius 2 is 1.37 bits per heavy atom. The van der Waals surface area contributed by atoms with Gasteiger partial charge < -0.3 is 4.90 Å². The molecule has 1 saturated heterocycles. The number of nitrogens with zero attached hydrogens (tertiary/aromatic N) is 1. The Morgan fingerprint density at radius 3 is 1.97 bits per heavy atom. The van der Waals surface area contributed by atoms with Crippen LogP contribution in [0.3, 0.4) is 0 Å². The second-order valence-electron chi connectivity index (χ2n) is 7.63. The molecule has 0 aliphatic carbocycles. The lowest BCUT2D eigenvalue weighted by molar-refractivity contribution is -0.130. The summed E-state index contributed by atoms with van der Waals surface area (Å²) in [6.07, 6.45) is 4.29. The monoisotopic (exact) mass is 397 g/mol. The first-order valence-corrected chi connectivity index (χ1v) is 10.2. The lowest BCUT2D eigenvalue weighted by Crippen LogP contribution is -2.55. The maximum Gasteiger partial charge on any atom is 0.233 e. The Morgan fingerprint density at radius 1 is 0.767 bits per heavy atom. The average Bonchev–Trinajstić information content (AvgIpc) is 2.81. The first kappa shape index (κ1) is 19.8. The molecule has 1 amide bonds. The molecule has 30 heavy (non-hydrogen) atoms. The lowest BCUT2D eigenvalue weighted by atomic mass is 9.78. The number of carbonyl (C=O) groups is 3. The molecule has 1 aliphatic heterocycles. The highest BCUT2D eigenvalue weighted by Crippen LogP contribution is 2.45. The summed E-state index contributed by atoms with van der Waals surface area (Å²) in [6, 6.07) is 24.7. The fourth-order valence-electron chi connectivity index (χ4n) is 4.16. The zero-order valence-corrected chi connectivity index (χ0v) is 16.6.